The van der Waals surface area contributed by atoms with Crippen molar-refractivity contribution in [1.29, 1.82) is 0 Å². The first-order chi connectivity index (χ1) is 7.13. The van der Waals surface area contributed by atoms with Crippen LogP contribution in [0.3, 0.4) is 0 Å². The predicted molar refractivity (Wildman–Crippen MR) is 64.3 cm³/mol. The van der Waals surface area contributed by atoms with Gasteiger partial charge in [-0.3, -0.25) is 4.79 Å². The SMILES string of the molecule is C#CCN(C)C(=O)Cc1ccc(Br)cc1. The molecule has 0 N–H and O–H groups in total. The van der Waals surface area contributed by atoms with Gasteiger partial charge in [0.15, 0.2) is 0 Å². The molecule has 0 fully saturated rings. The summed E-state index contributed by atoms with van der Waals surface area (Å²) >= 11 is 3.34. The van der Waals surface area contributed by atoms with Gasteiger partial charge in [-0.05, 0) is 17.7 Å². The van der Waals surface area contributed by atoms with Crippen LogP contribution in [-0.2, 0) is 11.2 Å². The molecule has 0 aliphatic rings. The minimum absolute atomic E-state index is 0.0373. The van der Waals surface area contributed by atoms with Crippen LogP contribution in [0.15, 0.2) is 28.7 Å². The number of hydrogen-bond acceptors (Lipinski definition) is 1. The monoisotopic (exact) mass is 265 g/mol. The van der Waals surface area contributed by atoms with E-state index in [1.807, 2.05) is 24.3 Å². The zero-order valence-electron chi connectivity index (χ0n) is 8.53. The number of carbonyl (C=O) groups is 1. The molecule has 0 heterocycles. The number of halogens is 1. The molecule has 0 bridgehead atoms. The van der Waals surface area contributed by atoms with Crippen molar-refractivity contribution in [3.8, 4) is 12.3 Å². The molecule has 1 amide bonds. The summed E-state index contributed by atoms with van der Waals surface area (Å²) in [4.78, 5) is 13.1. The maximum atomic E-state index is 11.6. The van der Waals surface area contributed by atoms with Gasteiger partial charge in [-0.25, -0.2) is 0 Å². The molecular formula is C12H12BrNO. The summed E-state index contributed by atoms with van der Waals surface area (Å²) in [5.41, 5.74) is 0.993. The summed E-state index contributed by atoms with van der Waals surface area (Å²) < 4.78 is 1.01. The molecule has 3 heteroatoms. The number of benzene rings is 1. The highest BCUT2D eigenvalue weighted by Gasteiger charge is 2.07. The van der Waals surface area contributed by atoms with Crippen molar-refractivity contribution in [2.45, 2.75) is 6.42 Å². The summed E-state index contributed by atoms with van der Waals surface area (Å²) in [6, 6.07) is 7.69. The number of terminal acetylenes is 1. The fourth-order valence-corrected chi connectivity index (χ4v) is 1.40. The molecule has 0 spiro atoms. The molecule has 0 aliphatic carbocycles. The van der Waals surface area contributed by atoms with Gasteiger partial charge >= 0.3 is 0 Å². The Balaban J connectivity index is 2.59. The van der Waals surface area contributed by atoms with E-state index >= 15 is 0 Å². The fourth-order valence-electron chi connectivity index (χ4n) is 1.14. The van der Waals surface area contributed by atoms with Gasteiger partial charge in [0.25, 0.3) is 0 Å². The van der Waals surface area contributed by atoms with Gasteiger partial charge in [-0.15, -0.1) is 6.42 Å². The zero-order chi connectivity index (χ0) is 11.3. The van der Waals surface area contributed by atoms with Crippen molar-refractivity contribution < 1.29 is 4.79 Å². The van der Waals surface area contributed by atoms with Gasteiger partial charge in [-0.2, -0.15) is 0 Å². The first-order valence-corrected chi connectivity index (χ1v) is 5.34. The van der Waals surface area contributed by atoms with Crippen LogP contribution in [0.5, 0.6) is 0 Å². The van der Waals surface area contributed by atoms with E-state index in [1.165, 1.54) is 0 Å². The van der Waals surface area contributed by atoms with Gasteiger partial charge in [0, 0.05) is 11.5 Å². The molecule has 0 saturated heterocycles. The lowest BCUT2D eigenvalue weighted by atomic mass is 10.1. The van der Waals surface area contributed by atoms with Crippen molar-refractivity contribution in [2.24, 2.45) is 0 Å². The standard InChI is InChI=1S/C12H12BrNO/c1-3-8-14(2)12(15)9-10-4-6-11(13)7-5-10/h1,4-7H,8-9H2,2H3. The lowest BCUT2D eigenvalue weighted by Gasteiger charge is -2.13. The number of likely N-dealkylation sites (N-methyl/N-ethyl adjacent to an activating group) is 1. The summed E-state index contributed by atoms with van der Waals surface area (Å²) in [5.74, 6) is 2.48. The average Bonchev–Trinajstić information content (AvgIpc) is 2.22. The molecule has 0 aliphatic heterocycles. The van der Waals surface area contributed by atoms with Crippen LogP contribution in [0.2, 0.25) is 0 Å². The topological polar surface area (TPSA) is 20.3 Å². The molecule has 15 heavy (non-hydrogen) atoms. The second-order valence-electron chi connectivity index (χ2n) is 3.26. The highest BCUT2D eigenvalue weighted by molar-refractivity contribution is 9.10. The van der Waals surface area contributed by atoms with E-state index in [0.29, 0.717) is 13.0 Å². The third-order valence-electron chi connectivity index (χ3n) is 2.02. The molecule has 0 saturated carbocycles. The van der Waals surface area contributed by atoms with Crippen molar-refractivity contribution in [1.82, 2.24) is 4.90 Å². The lowest BCUT2D eigenvalue weighted by molar-refractivity contribution is -0.128. The molecule has 1 rings (SSSR count). The average molecular weight is 266 g/mol. The summed E-state index contributed by atoms with van der Waals surface area (Å²) in [6.07, 6.45) is 5.52. The maximum Gasteiger partial charge on any atom is 0.227 e. The van der Waals surface area contributed by atoms with Crippen LogP contribution >= 0.6 is 15.9 Å². The molecule has 0 radical (unpaired) electrons. The molecule has 78 valence electrons. The Morgan fingerprint density at radius 1 is 1.47 bits per heavy atom. The second-order valence-corrected chi connectivity index (χ2v) is 4.17. The summed E-state index contributed by atoms with van der Waals surface area (Å²) in [5, 5.41) is 0. The van der Waals surface area contributed by atoms with Crippen LogP contribution < -0.4 is 0 Å². The van der Waals surface area contributed by atoms with Gasteiger partial charge in [-0.1, -0.05) is 34.0 Å². The highest BCUT2D eigenvalue weighted by atomic mass is 79.9. The van der Waals surface area contributed by atoms with E-state index in [0.717, 1.165) is 10.0 Å². The third-order valence-corrected chi connectivity index (χ3v) is 2.55. The van der Waals surface area contributed by atoms with Crippen molar-refractivity contribution in [2.75, 3.05) is 13.6 Å². The molecule has 0 unspecified atom stereocenters. The quantitative estimate of drug-likeness (QED) is 0.767. The van der Waals surface area contributed by atoms with Crippen molar-refractivity contribution in [3.05, 3.63) is 34.3 Å². The Kier molecular flexibility index (Phi) is 4.38. The largest absolute Gasteiger partial charge is 0.334 e. The normalized spacial score (nSPS) is 9.40. The minimum atomic E-state index is 0.0373. The van der Waals surface area contributed by atoms with Crippen LogP contribution in [0, 0.1) is 12.3 Å². The predicted octanol–water partition coefficient (Wildman–Crippen LogP) is 2.08. The van der Waals surface area contributed by atoms with E-state index < -0.39 is 0 Å². The fraction of sp³-hybridized carbons (Fsp3) is 0.250. The van der Waals surface area contributed by atoms with Gasteiger partial charge in [0.05, 0.1) is 13.0 Å². The Hall–Kier alpha value is -1.27. The van der Waals surface area contributed by atoms with Crippen LogP contribution in [-0.4, -0.2) is 24.4 Å². The van der Waals surface area contributed by atoms with E-state index in [4.69, 9.17) is 6.42 Å². The number of amides is 1. The molecule has 1 aromatic carbocycles. The molecule has 0 aromatic heterocycles. The van der Waals surface area contributed by atoms with E-state index in [1.54, 1.807) is 11.9 Å². The Bertz CT molecular complexity index is 378. The minimum Gasteiger partial charge on any atom is -0.334 e. The Labute approximate surface area is 98.4 Å². The maximum absolute atomic E-state index is 11.6. The van der Waals surface area contributed by atoms with Crippen LogP contribution in [0.4, 0.5) is 0 Å². The third kappa shape index (κ3) is 3.77. The molecular weight excluding hydrogens is 254 g/mol. The van der Waals surface area contributed by atoms with Crippen LogP contribution in [0.1, 0.15) is 5.56 Å². The molecule has 1 aromatic rings. The smallest absolute Gasteiger partial charge is 0.227 e. The van der Waals surface area contributed by atoms with Crippen molar-refractivity contribution >= 4 is 21.8 Å². The van der Waals surface area contributed by atoms with Gasteiger partial charge < -0.3 is 4.90 Å². The highest BCUT2D eigenvalue weighted by Crippen LogP contribution is 2.11. The van der Waals surface area contributed by atoms with Crippen LogP contribution in [0.25, 0.3) is 0 Å². The molecule has 0 atom stereocenters. The van der Waals surface area contributed by atoms with E-state index in [-0.39, 0.29) is 5.91 Å². The first-order valence-electron chi connectivity index (χ1n) is 4.55. The van der Waals surface area contributed by atoms with Crippen molar-refractivity contribution in [3.63, 3.8) is 0 Å². The number of rotatable bonds is 3. The number of nitrogens with zero attached hydrogens (tertiary/aromatic N) is 1. The summed E-state index contributed by atoms with van der Waals surface area (Å²) in [6.45, 7) is 0.357. The number of hydrogen-bond donors (Lipinski definition) is 0. The first kappa shape index (κ1) is 11.8. The second kappa shape index (κ2) is 5.57. The lowest BCUT2D eigenvalue weighted by Crippen LogP contribution is -2.28. The Morgan fingerprint density at radius 2 is 2.07 bits per heavy atom. The number of carbonyl (C=O) groups excluding carboxylic acids is 1. The van der Waals surface area contributed by atoms with E-state index in [2.05, 4.69) is 21.9 Å². The zero-order valence-corrected chi connectivity index (χ0v) is 10.1. The molecule has 2 nitrogen and oxygen atoms in total. The van der Waals surface area contributed by atoms with Gasteiger partial charge in [0.1, 0.15) is 0 Å². The van der Waals surface area contributed by atoms with E-state index in [9.17, 15) is 4.79 Å². The summed E-state index contributed by atoms with van der Waals surface area (Å²) in [7, 11) is 1.71. The Morgan fingerprint density at radius 3 is 2.60 bits per heavy atom. The van der Waals surface area contributed by atoms with Gasteiger partial charge in [0.2, 0.25) is 5.91 Å².